The standard InChI is InChI=1S/C10H14N2O3S/c1-3-6(2)8(10(14)15)12-9(13)7-4-11-5-16-7/h4-6,8H,3H2,1-2H3,(H,12,13)(H,14,15). The van der Waals surface area contributed by atoms with Gasteiger partial charge in [0.05, 0.1) is 11.7 Å². The second kappa shape index (κ2) is 5.60. The number of carbonyl (C=O) groups excluding carboxylic acids is 1. The maximum Gasteiger partial charge on any atom is 0.326 e. The number of carbonyl (C=O) groups is 2. The molecule has 0 aliphatic heterocycles. The van der Waals surface area contributed by atoms with Crippen molar-refractivity contribution >= 4 is 23.2 Å². The van der Waals surface area contributed by atoms with Gasteiger partial charge in [-0.3, -0.25) is 9.78 Å². The van der Waals surface area contributed by atoms with Crippen molar-refractivity contribution in [3.8, 4) is 0 Å². The van der Waals surface area contributed by atoms with Gasteiger partial charge in [-0.2, -0.15) is 0 Å². The molecule has 0 aromatic carbocycles. The summed E-state index contributed by atoms with van der Waals surface area (Å²) >= 11 is 1.19. The zero-order valence-electron chi connectivity index (χ0n) is 9.14. The van der Waals surface area contributed by atoms with Crippen molar-refractivity contribution in [3.05, 3.63) is 16.6 Å². The summed E-state index contributed by atoms with van der Waals surface area (Å²) in [7, 11) is 0. The van der Waals surface area contributed by atoms with Gasteiger partial charge in [0.25, 0.3) is 5.91 Å². The average Bonchev–Trinajstić information content (AvgIpc) is 2.77. The van der Waals surface area contributed by atoms with Gasteiger partial charge in [-0.1, -0.05) is 20.3 Å². The highest BCUT2D eigenvalue weighted by Crippen LogP contribution is 2.11. The topological polar surface area (TPSA) is 79.3 Å². The number of carboxylic acid groups (broad SMARTS) is 1. The minimum absolute atomic E-state index is 0.102. The Morgan fingerprint density at radius 1 is 1.62 bits per heavy atom. The van der Waals surface area contributed by atoms with Crippen LogP contribution in [0.1, 0.15) is 29.9 Å². The third kappa shape index (κ3) is 3.03. The second-order valence-electron chi connectivity index (χ2n) is 3.54. The SMILES string of the molecule is CCC(C)C(NC(=O)c1cncs1)C(=O)O. The van der Waals surface area contributed by atoms with Crippen LogP contribution in [-0.2, 0) is 4.79 Å². The van der Waals surface area contributed by atoms with E-state index in [0.717, 1.165) is 0 Å². The van der Waals surface area contributed by atoms with Crippen LogP contribution < -0.4 is 5.32 Å². The van der Waals surface area contributed by atoms with Gasteiger partial charge in [0, 0.05) is 0 Å². The normalized spacial score (nSPS) is 14.1. The van der Waals surface area contributed by atoms with Crippen molar-refractivity contribution < 1.29 is 14.7 Å². The molecule has 6 heteroatoms. The second-order valence-corrected chi connectivity index (χ2v) is 4.43. The minimum atomic E-state index is -1.01. The van der Waals surface area contributed by atoms with E-state index >= 15 is 0 Å². The molecule has 1 heterocycles. The molecule has 16 heavy (non-hydrogen) atoms. The lowest BCUT2D eigenvalue weighted by molar-refractivity contribution is -0.140. The van der Waals surface area contributed by atoms with Gasteiger partial charge in [-0.25, -0.2) is 4.79 Å². The Kier molecular flexibility index (Phi) is 4.42. The third-order valence-electron chi connectivity index (χ3n) is 2.42. The van der Waals surface area contributed by atoms with Crippen molar-refractivity contribution in [2.45, 2.75) is 26.3 Å². The van der Waals surface area contributed by atoms with E-state index in [0.29, 0.717) is 11.3 Å². The largest absolute Gasteiger partial charge is 0.480 e. The fraction of sp³-hybridized carbons (Fsp3) is 0.500. The van der Waals surface area contributed by atoms with Crippen LogP contribution in [0.2, 0.25) is 0 Å². The molecule has 0 radical (unpaired) electrons. The summed E-state index contributed by atoms with van der Waals surface area (Å²) in [6.45, 7) is 3.69. The first-order valence-electron chi connectivity index (χ1n) is 4.98. The zero-order valence-corrected chi connectivity index (χ0v) is 9.95. The maximum atomic E-state index is 11.6. The number of amides is 1. The van der Waals surface area contributed by atoms with Gasteiger partial charge in [0.2, 0.25) is 0 Å². The number of aliphatic carboxylic acids is 1. The lowest BCUT2D eigenvalue weighted by Gasteiger charge is -2.19. The van der Waals surface area contributed by atoms with E-state index in [1.165, 1.54) is 23.0 Å². The number of hydrogen-bond donors (Lipinski definition) is 2. The van der Waals surface area contributed by atoms with E-state index in [9.17, 15) is 9.59 Å². The molecule has 0 fully saturated rings. The molecule has 5 nitrogen and oxygen atoms in total. The fourth-order valence-corrected chi connectivity index (χ4v) is 1.75. The molecule has 0 aliphatic carbocycles. The highest BCUT2D eigenvalue weighted by Gasteiger charge is 2.25. The quantitative estimate of drug-likeness (QED) is 0.817. The van der Waals surface area contributed by atoms with E-state index in [-0.39, 0.29) is 11.8 Å². The molecule has 2 N–H and O–H groups in total. The summed E-state index contributed by atoms with van der Waals surface area (Å²) in [5.41, 5.74) is 1.54. The van der Waals surface area contributed by atoms with Crippen molar-refractivity contribution in [2.24, 2.45) is 5.92 Å². The van der Waals surface area contributed by atoms with Gasteiger partial charge in [0.15, 0.2) is 0 Å². The summed E-state index contributed by atoms with van der Waals surface area (Å²) in [4.78, 5) is 26.8. The van der Waals surface area contributed by atoms with Crippen LogP contribution in [0.25, 0.3) is 0 Å². The molecule has 0 bridgehead atoms. The summed E-state index contributed by atoms with van der Waals surface area (Å²) < 4.78 is 0. The molecule has 1 amide bonds. The van der Waals surface area contributed by atoms with Gasteiger partial charge >= 0.3 is 5.97 Å². The van der Waals surface area contributed by atoms with Crippen LogP contribution in [-0.4, -0.2) is 28.0 Å². The van der Waals surface area contributed by atoms with Crippen molar-refractivity contribution in [1.29, 1.82) is 0 Å². The van der Waals surface area contributed by atoms with Gasteiger partial charge in [-0.15, -0.1) is 11.3 Å². The Balaban J connectivity index is 2.69. The number of hydrogen-bond acceptors (Lipinski definition) is 4. The van der Waals surface area contributed by atoms with Crippen LogP contribution in [0.5, 0.6) is 0 Å². The Bertz CT molecular complexity index is 364. The van der Waals surface area contributed by atoms with Crippen molar-refractivity contribution in [1.82, 2.24) is 10.3 Å². The monoisotopic (exact) mass is 242 g/mol. The molecule has 2 unspecified atom stereocenters. The summed E-state index contributed by atoms with van der Waals surface area (Å²) in [5, 5.41) is 11.5. The van der Waals surface area contributed by atoms with Crippen molar-refractivity contribution in [2.75, 3.05) is 0 Å². The highest BCUT2D eigenvalue weighted by molar-refractivity contribution is 7.11. The molecule has 0 aliphatic rings. The number of aromatic nitrogens is 1. The van der Waals surface area contributed by atoms with Crippen LogP contribution in [0.4, 0.5) is 0 Å². The molecule has 2 atom stereocenters. The number of thiazole rings is 1. The van der Waals surface area contributed by atoms with E-state index < -0.39 is 12.0 Å². The molecule has 0 spiro atoms. The zero-order chi connectivity index (χ0) is 12.1. The number of nitrogens with zero attached hydrogens (tertiary/aromatic N) is 1. The molecule has 0 saturated carbocycles. The number of rotatable bonds is 5. The minimum Gasteiger partial charge on any atom is -0.480 e. The first-order valence-corrected chi connectivity index (χ1v) is 5.86. The van der Waals surface area contributed by atoms with Crippen LogP contribution >= 0.6 is 11.3 Å². The molecule has 1 rings (SSSR count). The van der Waals surface area contributed by atoms with Gasteiger partial charge in [0.1, 0.15) is 10.9 Å². The number of nitrogens with one attached hydrogen (secondary N) is 1. The first kappa shape index (κ1) is 12.6. The molecular formula is C10H14N2O3S. The van der Waals surface area contributed by atoms with Crippen molar-refractivity contribution in [3.63, 3.8) is 0 Å². The van der Waals surface area contributed by atoms with E-state index in [1.807, 2.05) is 6.92 Å². The number of carboxylic acids is 1. The first-order chi connectivity index (χ1) is 7.56. The van der Waals surface area contributed by atoms with Gasteiger partial charge < -0.3 is 10.4 Å². The van der Waals surface area contributed by atoms with Crippen LogP contribution in [0, 0.1) is 5.92 Å². The third-order valence-corrected chi connectivity index (χ3v) is 3.19. The predicted octanol–water partition coefficient (Wildman–Crippen LogP) is 1.37. The molecule has 88 valence electrons. The Labute approximate surface area is 97.5 Å². The summed E-state index contributed by atoms with van der Waals surface area (Å²) in [5.74, 6) is -1.49. The molecule has 1 aromatic rings. The highest BCUT2D eigenvalue weighted by atomic mass is 32.1. The average molecular weight is 242 g/mol. The summed E-state index contributed by atoms with van der Waals surface area (Å²) in [6, 6.07) is -0.848. The Morgan fingerprint density at radius 2 is 2.31 bits per heavy atom. The van der Waals surface area contributed by atoms with Crippen LogP contribution in [0.15, 0.2) is 11.7 Å². The smallest absolute Gasteiger partial charge is 0.326 e. The van der Waals surface area contributed by atoms with Gasteiger partial charge in [-0.05, 0) is 5.92 Å². The molecular weight excluding hydrogens is 228 g/mol. The van der Waals surface area contributed by atoms with E-state index in [1.54, 1.807) is 6.92 Å². The maximum absolute atomic E-state index is 11.6. The molecule has 1 aromatic heterocycles. The summed E-state index contributed by atoms with van der Waals surface area (Å²) in [6.07, 6.45) is 2.12. The van der Waals surface area contributed by atoms with E-state index in [4.69, 9.17) is 5.11 Å². The van der Waals surface area contributed by atoms with Crippen LogP contribution in [0.3, 0.4) is 0 Å². The predicted molar refractivity (Wildman–Crippen MR) is 60.5 cm³/mol. The van der Waals surface area contributed by atoms with E-state index in [2.05, 4.69) is 10.3 Å². The lowest BCUT2D eigenvalue weighted by atomic mass is 9.99. The lowest BCUT2D eigenvalue weighted by Crippen LogP contribution is -2.44. The Hall–Kier alpha value is -1.43. The fourth-order valence-electron chi connectivity index (χ4n) is 1.22. The Morgan fingerprint density at radius 3 is 2.75 bits per heavy atom. The molecule has 0 saturated heterocycles.